The summed E-state index contributed by atoms with van der Waals surface area (Å²) in [5.74, 6) is 0.331. The summed E-state index contributed by atoms with van der Waals surface area (Å²) >= 11 is 0. The van der Waals surface area contributed by atoms with Gasteiger partial charge in [-0.25, -0.2) is 4.79 Å². The van der Waals surface area contributed by atoms with Crippen LogP contribution < -0.4 is 17.0 Å². The number of piperidine rings is 1. The molecule has 2 fully saturated rings. The molecule has 0 spiro atoms. The Balaban J connectivity index is 1.83. The Morgan fingerprint density at radius 1 is 1.30 bits per heavy atom. The van der Waals surface area contributed by atoms with E-state index in [1.54, 1.807) is 0 Å². The summed E-state index contributed by atoms with van der Waals surface area (Å²) in [4.78, 5) is 40.9. The molecule has 7 nitrogen and oxygen atoms in total. The number of carbonyl (C=O) groups excluding carboxylic acids is 1. The topological polar surface area (TPSA) is 101 Å². The van der Waals surface area contributed by atoms with Gasteiger partial charge in [0.1, 0.15) is 11.4 Å². The standard InChI is InChI=1S/C16H24N4O3/c1-2-10-4-3-7-19(8-10)9-12(21)13-14(17)20(11-5-6-11)16(23)18-15(13)22/h10-11H,2-9,17H2,1H3,(H,18,22,23)/t10-/m0/s1. The number of likely N-dealkylation sites (tertiary alicyclic amines) is 1. The van der Waals surface area contributed by atoms with Crippen molar-refractivity contribution in [2.45, 2.75) is 45.1 Å². The van der Waals surface area contributed by atoms with Crippen molar-refractivity contribution in [3.63, 3.8) is 0 Å². The molecule has 7 heteroatoms. The third-order valence-corrected chi connectivity index (χ3v) is 4.92. The maximum Gasteiger partial charge on any atom is 0.330 e. The van der Waals surface area contributed by atoms with Gasteiger partial charge in [0, 0.05) is 12.6 Å². The number of anilines is 1. The van der Waals surface area contributed by atoms with Crippen molar-refractivity contribution in [2.75, 3.05) is 25.4 Å². The van der Waals surface area contributed by atoms with Gasteiger partial charge in [0.15, 0.2) is 5.78 Å². The van der Waals surface area contributed by atoms with Gasteiger partial charge in [0.05, 0.1) is 6.54 Å². The number of nitrogens with one attached hydrogen (secondary N) is 1. The van der Waals surface area contributed by atoms with E-state index < -0.39 is 11.2 Å². The maximum atomic E-state index is 12.6. The number of nitrogens with zero attached hydrogens (tertiary/aromatic N) is 2. The number of nitrogens with two attached hydrogens (primary N) is 1. The SMILES string of the molecule is CC[C@H]1CCCN(CC(=O)c2c(N)n(C3CC3)c(=O)[nH]c2=O)C1. The minimum absolute atomic E-state index is 0.0189. The minimum Gasteiger partial charge on any atom is -0.384 e. The van der Waals surface area contributed by atoms with E-state index in [-0.39, 0.29) is 29.8 Å². The van der Waals surface area contributed by atoms with Crippen LogP contribution in [0.2, 0.25) is 0 Å². The summed E-state index contributed by atoms with van der Waals surface area (Å²) in [5, 5.41) is 0. The van der Waals surface area contributed by atoms with E-state index in [1.807, 2.05) is 0 Å². The van der Waals surface area contributed by atoms with E-state index in [9.17, 15) is 14.4 Å². The van der Waals surface area contributed by atoms with Crippen LogP contribution in [-0.2, 0) is 0 Å². The van der Waals surface area contributed by atoms with Crippen molar-refractivity contribution in [2.24, 2.45) is 5.92 Å². The Labute approximate surface area is 134 Å². The smallest absolute Gasteiger partial charge is 0.330 e. The molecule has 1 saturated carbocycles. The quantitative estimate of drug-likeness (QED) is 0.780. The minimum atomic E-state index is -0.668. The van der Waals surface area contributed by atoms with Crippen LogP contribution in [0.25, 0.3) is 0 Å². The Morgan fingerprint density at radius 3 is 2.70 bits per heavy atom. The number of ketones is 1. The predicted molar refractivity (Wildman–Crippen MR) is 87.8 cm³/mol. The number of aromatic amines is 1. The van der Waals surface area contributed by atoms with Crippen molar-refractivity contribution in [3.8, 4) is 0 Å². The van der Waals surface area contributed by atoms with Gasteiger partial charge in [-0.1, -0.05) is 13.3 Å². The average molecular weight is 320 g/mol. The van der Waals surface area contributed by atoms with Crippen molar-refractivity contribution >= 4 is 11.6 Å². The van der Waals surface area contributed by atoms with Crippen LogP contribution in [0.4, 0.5) is 5.82 Å². The Hall–Kier alpha value is -1.89. The number of hydrogen-bond donors (Lipinski definition) is 2. The predicted octanol–water partition coefficient (Wildman–Crippen LogP) is 0.758. The monoisotopic (exact) mass is 320 g/mol. The second-order valence-electron chi connectivity index (χ2n) is 6.70. The third-order valence-electron chi connectivity index (χ3n) is 4.92. The highest BCUT2D eigenvalue weighted by molar-refractivity contribution is 6.01. The van der Waals surface area contributed by atoms with Crippen LogP contribution in [0.1, 0.15) is 55.4 Å². The number of nitrogen functional groups attached to an aromatic ring is 1. The molecular weight excluding hydrogens is 296 g/mol. The summed E-state index contributed by atoms with van der Waals surface area (Å²) in [6.45, 7) is 4.08. The van der Waals surface area contributed by atoms with Gasteiger partial charge >= 0.3 is 5.69 Å². The molecule has 126 valence electrons. The lowest BCUT2D eigenvalue weighted by atomic mass is 9.95. The lowest BCUT2D eigenvalue weighted by Crippen LogP contribution is -2.42. The third kappa shape index (κ3) is 3.24. The molecular formula is C16H24N4O3. The van der Waals surface area contributed by atoms with Crippen molar-refractivity contribution < 1.29 is 4.79 Å². The first kappa shape index (κ1) is 16.0. The summed E-state index contributed by atoms with van der Waals surface area (Å²) in [5.41, 5.74) is 4.74. The molecule has 0 radical (unpaired) electrons. The van der Waals surface area contributed by atoms with Gasteiger partial charge < -0.3 is 5.73 Å². The molecule has 1 saturated heterocycles. The van der Waals surface area contributed by atoms with Gasteiger partial charge in [0.25, 0.3) is 5.56 Å². The molecule has 0 amide bonds. The highest BCUT2D eigenvalue weighted by Gasteiger charge is 2.30. The van der Waals surface area contributed by atoms with Gasteiger partial charge in [0.2, 0.25) is 0 Å². The number of hydrogen-bond acceptors (Lipinski definition) is 5. The number of rotatable bonds is 5. The first-order valence-electron chi connectivity index (χ1n) is 8.41. The molecule has 3 rings (SSSR count). The van der Waals surface area contributed by atoms with Crippen LogP contribution in [0, 0.1) is 5.92 Å². The maximum absolute atomic E-state index is 12.6. The van der Waals surface area contributed by atoms with E-state index in [0.717, 1.165) is 38.8 Å². The van der Waals surface area contributed by atoms with Crippen LogP contribution in [0.3, 0.4) is 0 Å². The van der Waals surface area contributed by atoms with E-state index in [0.29, 0.717) is 5.92 Å². The highest BCUT2D eigenvalue weighted by Crippen LogP contribution is 2.35. The molecule has 0 bridgehead atoms. The van der Waals surface area contributed by atoms with E-state index in [2.05, 4.69) is 16.8 Å². The van der Waals surface area contributed by atoms with Crippen molar-refractivity contribution in [1.29, 1.82) is 0 Å². The zero-order chi connectivity index (χ0) is 16.6. The summed E-state index contributed by atoms with van der Waals surface area (Å²) in [6.07, 6.45) is 5.07. The van der Waals surface area contributed by atoms with E-state index in [1.165, 1.54) is 11.0 Å². The lowest BCUT2D eigenvalue weighted by molar-refractivity contribution is 0.0883. The Bertz CT molecular complexity index is 717. The first-order valence-corrected chi connectivity index (χ1v) is 8.41. The second-order valence-corrected chi connectivity index (χ2v) is 6.70. The lowest BCUT2D eigenvalue weighted by Gasteiger charge is -2.31. The molecule has 1 aliphatic heterocycles. The first-order chi connectivity index (χ1) is 11.0. The number of aromatic nitrogens is 2. The average Bonchev–Trinajstić information content (AvgIpc) is 3.31. The van der Waals surface area contributed by atoms with E-state index >= 15 is 0 Å². The van der Waals surface area contributed by atoms with Gasteiger partial charge in [-0.15, -0.1) is 0 Å². The van der Waals surface area contributed by atoms with Gasteiger partial charge in [-0.05, 0) is 38.1 Å². The van der Waals surface area contributed by atoms with Crippen molar-refractivity contribution in [3.05, 3.63) is 26.4 Å². The number of Topliss-reactive ketones (excluding diaryl/α,β-unsaturated/α-hetero) is 1. The molecule has 2 heterocycles. The fourth-order valence-corrected chi connectivity index (χ4v) is 3.44. The van der Waals surface area contributed by atoms with E-state index in [4.69, 9.17) is 5.73 Å². The molecule has 23 heavy (non-hydrogen) atoms. The molecule has 0 aromatic carbocycles. The van der Waals surface area contributed by atoms with Crippen LogP contribution >= 0.6 is 0 Å². The molecule has 1 atom stereocenters. The van der Waals surface area contributed by atoms with Crippen LogP contribution in [0.5, 0.6) is 0 Å². The fourth-order valence-electron chi connectivity index (χ4n) is 3.44. The normalized spacial score (nSPS) is 22.2. The molecule has 0 unspecified atom stereocenters. The number of carbonyl (C=O) groups is 1. The van der Waals surface area contributed by atoms with Crippen LogP contribution in [0.15, 0.2) is 9.59 Å². The Morgan fingerprint density at radius 2 is 2.04 bits per heavy atom. The highest BCUT2D eigenvalue weighted by atomic mass is 16.2. The largest absolute Gasteiger partial charge is 0.384 e. The number of H-pyrrole nitrogens is 1. The summed E-state index contributed by atoms with van der Waals surface area (Å²) < 4.78 is 1.36. The van der Waals surface area contributed by atoms with Crippen molar-refractivity contribution in [1.82, 2.24) is 14.5 Å². The molecule has 1 aliphatic carbocycles. The summed E-state index contributed by atoms with van der Waals surface area (Å²) in [6, 6.07) is 0.0189. The zero-order valence-electron chi connectivity index (χ0n) is 13.5. The van der Waals surface area contributed by atoms with Crippen LogP contribution in [-0.4, -0.2) is 39.9 Å². The molecule has 1 aromatic rings. The Kier molecular flexibility index (Phi) is 4.39. The second kappa shape index (κ2) is 6.31. The van der Waals surface area contributed by atoms with Gasteiger partial charge in [-0.2, -0.15) is 0 Å². The zero-order valence-corrected chi connectivity index (χ0v) is 13.5. The fraction of sp³-hybridized carbons (Fsp3) is 0.688. The summed E-state index contributed by atoms with van der Waals surface area (Å²) in [7, 11) is 0. The molecule has 1 aromatic heterocycles. The van der Waals surface area contributed by atoms with Gasteiger partial charge in [-0.3, -0.25) is 24.0 Å². The molecule has 2 aliphatic rings. The molecule has 3 N–H and O–H groups in total.